The molecule has 0 radical (unpaired) electrons. The molecule has 0 aromatic heterocycles. The van der Waals surface area contributed by atoms with Gasteiger partial charge < -0.3 is 0 Å². The third-order valence-electron chi connectivity index (χ3n) is 2.68. The van der Waals surface area contributed by atoms with E-state index in [9.17, 15) is 4.79 Å². The van der Waals surface area contributed by atoms with Gasteiger partial charge in [-0.2, -0.15) is 0 Å². The third kappa shape index (κ3) is 4.47. The van der Waals surface area contributed by atoms with E-state index >= 15 is 0 Å². The molecule has 0 saturated heterocycles. The minimum atomic E-state index is -0.282. The monoisotopic (exact) mass is 298 g/mol. The quantitative estimate of drug-likeness (QED) is 0.563. The first-order chi connectivity index (χ1) is 6.34. The van der Waals surface area contributed by atoms with Crippen molar-refractivity contribution in [2.45, 2.75) is 56.3 Å². The fourth-order valence-corrected chi connectivity index (χ4v) is 4.93. The average Bonchev–Trinajstić information content (AvgIpc) is 2.19. The van der Waals surface area contributed by atoms with Crippen LogP contribution in [0.1, 0.15) is 51.9 Å². The Balaban J connectivity index is 2.13. The number of rotatable bonds is 5. The van der Waals surface area contributed by atoms with Crippen molar-refractivity contribution in [1.82, 2.24) is 0 Å². The van der Waals surface area contributed by atoms with Gasteiger partial charge in [-0.15, -0.1) is 0 Å². The topological polar surface area (TPSA) is 17.1 Å². The van der Waals surface area contributed by atoms with E-state index in [0.717, 1.165) is 0 Å². The predicted molar refractivity (Wildman–Crippen MR) is 57.1 cm³/mol. The zero-order valence-electron chi connectivity index (χ0n) is 8.55. The van der Waals surface area contributed by atoms with Crippen LogP contribution in [0.3, 0.4) is 0 Å². The summed E-state index contributed by atoms with van der Waals surface area (Å²) >= 11 is -0.282. The van der Waals surface area contributed by atoms with Gasteiger partial charge in [0.2, 0.25) is 0 Å². The Labute approximate surface area is 91.7 Å². The standard InChI is InChI=1S/C11H20OTe/c1-2-3-9-13-11(12)10-7-5-4-6-8-10/h10H,2-9H2,1H3. The van der Waals surface area contributed by atoms with E-state index in [1.165, 1.54) is 49.4 Å². The molecular formula is C11H20OTe. The molecular weight excluding hydrogens is 276 g/mol. The Kier molecular flexibility index (Phi) is 6.07. The van der Waals surface area contributed by atoms with Crippen LogP contribution >= 0.6 is 0 Å². The molecule has 0 aromatic rings. The van der Waals surface area contributed by atoms with Crippen molar-refractivity contribution in [2.75, 3.05) is 0 Å². The average molecular weight is 296 g/mol. The first kappa shape index (κ1) is 11.5. The molecule has 0 heterocycles. The van der Waals surface area contributed by atoms with Crippen LogP contribution in [0.25, 0.3) is 0 Å². The van der Waals surface area contributed by atoms with Crippen molar-refractivity contribution in [3.63, 3.8) is 0 Å². The summed E-state index contributed by atoms with van der Waals surface area (Å²) in [6.07, 6.45) is 8.91. The number of hydrogen-bond donors (Lipinski definition) is 0. The fourth-order valence-electron chi connectivity index (χ4n) is 1.77. The normalized spacial score (nSPS) is 18.8. The van der Waals surface area contributed by atoms with E-state index in [2.05, 4.69) is 6.92 Å². The van der Waals surface area contributed by atoms with Crippen molar-refractivity contribution in [2.24, 2.45) is 5.92 Å². The second kappa shape index (κ2) is 6.85. The zero-order valence-corrected chi connectivity index (χ0v) is 10.9. The second-order valence-electron chi connectivity index (χ2n) is 3.86. The molecule has 1 saturated carbocycles. The van der Waals surface area contributed by atoms with E-state index in [4.69, 9.17) is 0 Å². The summed E-state index contributed by atoms with van der Waals surface area (Å²) in [5, 5.41) is 0. The Morgan fingerprint density at radius 2 is 2.00 bits per heavy atom. The first-order valence-corrected chi connectivity index (χ1v) is 8.32. The van der Waals surface area contributed by atoms with Gasteiger partial charge in [-0.25, -0.2) is 0 Å². The van der Waals surface area contributed by atoms with Crippen LogP contribution in [0.5, 0.6) is 0 Å². The van der Waals surface area contributed by atoms with Gasteiger partial charge in [0.15, 0.2) is 0 Å². The van der Waals surface area contributed by atoms with Crippen molar-refractivity contribution >= 4 is 24.8 Å². The zero-order chi connectivity index (χ0) is 9.52. The van der Waals surface area contributed by atoms with Gasteiger partial charge in [0.05, 0.1) is 0 Å². The molecule has 0 bridgehead atoms. The molecule has 1 aliphatic rings. The molecule has 0 spiro atoms. The fraction of sp³-hybridized carbons (Fsp3) is 0.909. The van der Waals surface area contributed by atoms with E-state index in [-0.39, 0.29) is 20.9 Å². The molecule has 0 N–H and O–H groups in total. The van der Waals surface area contributed by atoms with Gasteiger partial charge >= 0.3 is 91.8 Å². The first-order valence-electron chi connectivity index (χ1n) is 5.51. The number of carbonyl (C=O) groups excluding carboxylic acids is 1. The van der Waals surface area contributed by atoms with Gasteiger partial charge in [-0.05, 0) is 0 Å². The molecule has 0 atom stereocenters. The maximum absolute atomic E-state index is 11.7. The molecule has 1 fully saturated rings. The van der Waals surface area contributed by atoms with E-state index in [0.29, 0.717) is 9.75 Å². The second-order valence-corrected chi connectivity index (χ2v) is 6.99. The molecule has 2 heteroatoms. The molecule has 1 aliphatic carbocycles. The maximum atomic E-state index is 11.7. The van der Waals surface area contributed by atoms with Gasteiger partial charge in [-0.1, -0.05) is 0 Å². The van der Waals surface area contributed by atoms with Crippen LogP contribution in [-0.4, -0.2) is 24.8 Å². The molecule has 0 unspecified atom stereocenters. The van der Waals surface area contributed by atoms with Gasteiger partial charge in [0.1, 0.15) is 0 Å². The molecule has 0 aromatic carbocycles. The molecule has 13 heavy (non-hydrogen) atoms. The number of carbonyl (C=O) groups is 1. The third-order valence-corrected chi connectivity index (χ3v) is 5.85. The van der Waals surface area contributed by atoms with Crippen LogP contribution in [0.15, 0.2) is 0 Å². The summed E-state index contributed by atoms with van der Waals surface area (Å²) in [4.78, 5) is 11.7. The SMILES string of the molecule is CCCC[Te]C(=O)C1CCCCC1. The molecule has 1 nitrogen and oxygen atoms in total. The van der Waals surface area contributed by atoms with Crippen LogP contribution in [-0.2, 0) is 4.79 Å². The number of unbranched alkanes of at least 4 members (excludes halogenated alkanes) is 1. The molecule has 0 aliphatic heterocycles. The number of hydrogen-bond acceptors (Lipinski definition) is 1. The van der Waals surface area contributed by atoms with Crippen LogP contribution in [0.2, 0.25) is 4.47 Å². The van der Waals surface area contributed by atoms with Crippen LogP contribution < -0.4 is 0 Å². The minimum absolute atomic E-state index is 0.282. The Morgan fingerprint density at radius 3 is 2.62 bits per heavy atom. The summed E-state index contributed by atoms with van der Waals surface area (Å²) in [5.41, 5.74) is 0. The van der Waals surface area contributed by atoms with Crippen molar-refractivity contribution in [3.05, 3.63) is 0 Å². The van der Waals surface area contributed by atoms with Crippen molar-refractivity contribution in [1.29, 1.82) is 0 Å². The molecule has 1 rings (SSSR count). The van der Waals surface area contributed by atoms with Crippen LogP contribution in [0.4, 0.5) is 0 Å². The van der Waals surface area contributed by atoms with Crippen molar-refractivity contribution in [3.8, 4) is 0 Å². The van der Waals surface area contributed by atoms with Gasteiger partial charge in [-0.3, -0.25) is 0 Å². The summed E-state index contributed by atoms with van der Waals surface area (Å²) in [7, 11) is 0. The van der Waals surface area contributed by atoms with E-state index in [1.54, 1.807) is 0 Å². The van der Waals surface area contributed by atoms with Crippen molar-refractivity contribution < 1.29 is 4.79 Å². The summed E-state index contributed by atoms with van der Waals surface area (Å²) in [5.74, 6) is 0.494. The Bertz CT molecular complexity index is 150. The predicted octanol–water partition coefficient (Wildman–Crippen LogP) is 3.02. The van der Waals surface area contributed by atoms with E-state index in [1.807, 2.05) is 0 Å². The summed E-state index contributed by atoms with van der Waals surface area (Å²) in [6, 6.07) is 0. The Morgan fingerprint density at radius 1 is 1.31 bits per heavy atom. The Hall–Kier alpha value is 0.460. The molecule has 76 valence electrons. The van der Waals surface area contributed by atoms with Gasteiger partial charge in [0.25, 0.3) is 0 Å². The summed E-state index contributed by atoms with van der Waals surface area (Å²) < 4.78 is 1.93. The molecule has 0 amide bonds. The summed E-state index contributed by atoms with van der Waals surface area (Å²) in [6.45, 7) is 2.21. The van der Waals surface area contributed by atoms with E-state index < -0.39 is 0 Å². The van der Waals surface area contributed by atoms with Gasteiger partial charge in [0, 0.05) is 0 Å². The van der Waals surface area contributed by atoms with Crippen LogP contribution in [0, 0.1) is 5.92 Å².